The molecule has 4 rings (SSSR count). The summed E-state index contributed by atoms with van der Waals surface area (Å²) < 4.78 is 50.3. The number of pyridine rings is 2. The second-order valence-electron chi connectivity index (χ2n) is 11.5. The van der Waals surface area contributed by atoms with E-state index in [-0.39, 0.29) is 5.56 Å². The van der Waals surface area contributed by atoms with Crippen LogP contribution < -0.4 is 15.5 Å². The molecule has 0 spiro atoms. The molecule has 1 aliphatic rings. The first-order valence-electron chi connectivity index (χ1n) is 14.5. The van der Waals surface area contributed by atoms with Crippen LogP contribution in [-0.2, 0) is 15.7 Å². The Hall–Kier alpha value is -4.63. The van der Waals surface area contributed by atoms with E-state index in [9.17, 15) is 22.8 Å². The molecule has 238 valence electrons. The number of ether oxygens (including phenoxy) is 2. The smallest absolute Gasteiger partial charge is 0.433 e. The average Bonchev–Trinajstić information content (AvgIpc) is 2.99. The van der Waals surface area contributed by atoms with Crippen molar-refractivity contribution in [3.8, 4) is 23.0 Å². The van der Waals surface area contributed by atoms with Gasteiger partial charge in [-0.1, -0.05) is 18.9 Å². The summed E-state index contributed by atoms with van der Waals surface area (Å²) >= 11 is 0. The number of amides is 2. The maximum atomic E-state index is 13.1. The van der Waals surface area contributed by atoms with Crippen LogP contribution in [0.15, 0.2) is 48.7 Å². The van der Waals surface area contributed by atoms with Gasteiger partial charge in [-0.15, -0.1) is 0 Å². The average molecular weight is 624 g/mol. The molecule has 1 aliphatic heterocycles. The van der Waals surface area contributed by atoms with E-state index in [1.165, 1.54) is 6.07 Å². The number of anilines is 2. The van der Waals surface area contributed by atoms with E-state index in [0.29, 0.717) is 56.0 Å². The summed E-state index contributed by atoms with van der Waals surface area (Å²) in [6.45, 7) is 11.6. The Balaban J connectivity index is 1.66. The lowest BCUT2D eigenvalue weighted by molar-refractivity contribution is -0.141. The molecule has 0 radical (unpaired) electrons. The van der Waals surface area contributed by atoms with E-state index in [4.69, 9.17) is 14.5 Å². The standard InChI is InChI=1S/C33H36F3N5O4/c1-6-24(40-31(43)45-32(3,4)5)9-10-25-17-23(19-29(38-25)41-13-15-44-16-14-41)27-20-26(8-7-21(27)2)39-30(42)22-11-12-37-28(18-22)33(34,35)36/h7-8,11-12,17-20,24H,6,13-16H2,1-5H3,(H,39,42)(H,40,43)/t24-/m1/s1. The maximum Gasteiger partial charge on any atom is 0.433 e. The zero-order chi connectivity index (χ0) is 32.8. The monoisotopic (exact) mass is 623 g/mol. The highest BCUT2D eigenvalue weighted by Crippen LogP contribution is 2.31. The predicted octanol–water partition coefficient (Wildman–Crippen LogP) is 6.21. The summed E-state index contributed by atoms with van der Waals surface area (Å²) in [5.74, 6) is 6.18. The Morgan fingerprint density at radius 1 is 1.09 bits per heavy atom. The van der Waals surface area contributed by atoms with Gasteiger partial charge in [0.2, 0.25) is 0 Å². The minimum Gasteiger partial charge on any atom is -0.444 e. The molecular formula is C33H36F3N5O4. The van der Waals surface area contributed by atoms with E-state index in [1.807, 2.05) is 32.0 Å². The fourth-order valence-electron chi connectivity index (χ4n) is 4.48. The molecule has 0 unspecified atom stereocenters. The zero-order valence-corrected chi connectivity index (χ0v) is 25.8. The van der Waals surface area contributed by atoms with Crippen molar-refractivity contribution >= 4 is 23.5 Å². The molecule has 2 N–H and O–H groups in total. The molecule has 1 saturated heterocycles. The Labute approximate surface area is 260 Å². The number of nitrogens with one attached hydrogen (secondary N) is 2. The Kier molecular flexibility index (Phi) is 10.3. The summed E-state index contributed by atoms with van der Waals surface area (Å²) in [6.07, 6.45) is -3.73. The first-order chi connectivity index (χ1) is 21.2. The zero-order valence-electron chi connectivity index (χ0n) is 25.8. The second kappa shape index (κ2) is 14.0. The maximum absolute atomic E-state index is 13.1. The number of carbonyl (C=O) groups is 2. The van der Waals surface area contributed by atoms with E-state index >= 15 is 0 Å². The number of carbonyl (C=O) groups excluding carboxylic acids is 2. The van der Waals surface area contributed by atoms with Crippen molar-refractivity contribution in [1.29, 1.82) is 0 Å². The van der Waals surface area contributed by atoms with Crippen molar-refractivity contribution in [1.82, 2.24) is 15.3 Å². The van der Waals surface area contributed by atoms with Gasteiger partial charge >= 0.3 is 12.3 Å². The van der Waals surface area contributed by atoms with Crippen molar-refractivity contribution < 1.29 is 32.2 Å². The van der Waals surface area contributed by atoms with Gasteiger partial charge in [0.25, 0.3) is 5.91 Å². The van der Waals surface area contributed by atoms with E-state index in [2.05, 4.69) is 32.4 Å². The highest BCUT2D eigenvalue weighted by atomic mass is 19.4. The Morgan fingerprint density at radius 2 is 1.82 bits per heavy atom. The van der Waals surface area contributed by atoms with E-state index in [0.717, 1.165) is 22.9 Å². The number of halogens is 3. The van der Waals surface area contributed by atoms with Crippen molar-refractivity contribution in [2.45, 2.75) is 58.9 Å². The summed E-state index contributed by atoms with van der Waals surface area (Å²) in [4.78, 5) is 35.4. The van der Waals surface area contributed by atoms with Gasteiger partial charge in [-0.05, 0) is 93.1 Å². The van der Waals surface area contributed by atoms with Gasteiger partial charge in [-0.25, -0.2) is 9.78 Å². The number of rotatable bonds is 6. The molecule has 3 aromatic rings. The third-order valence-electron chi connectivity index (χ3n) is 6.74. The molecule has 2 aromatic heterocycles. The van der Waals surface area contributed by atoms with Gasteiger partial charge in [-0.2, -0.15) is 13.2 Å². The molecule has 1 atom stereocenters. The van der Waals surface area contributed by atoms with Gasteiger partial charge in [0, 0.05) is 30.5 Å². The molecular weight excluding hydrogens is 587 g/mol. The minimum atomic E-state index is -4.67. The van der Waals surface area contributed by atoms with Crippen molar-refractivity contribution in [2.24, 2.45) is 0 Å². The van der Waals surface area contributed by atoms with Crippen molar-refractivity contribution in [3.63, 3.8) is 0 Å². The van der Waals surface area contributed by atoms with E-state index in [1.54, 1.807) is 32.9 Å². The van der Waals surface area contributed by atoms with Crippen LogP contribution in [0.4, 0.5) is 29.5 Å². The molecule has 2 amide bonds. The SMILES string of the molecule is CC[C@H](C#Cc1cc(-c2cc(NC(=O)c3ccnc(C(F)(F)F)c3)ccc2C)cc(N2CCOCC2)n1)NC(=O)OC(C)(C)C. The van der Waals surface area contributed by atoms with Crippen LogP contribution in [0, 0.1) is 18.8 Å². The summed E-state index contributed by atoms with van der Waals surface area (Å²) in [6, 6.07) is 10.5. The van der Waals surface area contributed by atoms with Crippen LogP contribution in [0.25, 0.3) is 11.1 Å². The van der Waals surface area contributed by atoms with Gasteiger partial charge in [0.1, 0.15) is 22.8 Å². The largest absolute Gasteiger partial charge is 0.444 e. The van der Waals surface area contributed by atoms with Crippen molar-refractivity contribution in [2.75, 3.05) is 36.5 Å². The lowest BCUT2D eigenvalue weighted by atomic mass is 9.99. The van der Waals surface area contributed by atoms with Gasteiger partial charge in [0.05, 0.1) is 19.3 Å². The number of hydrogen-bond donors (Lipinski definition) is 2. The molecule has 0 bridgehead atoms. The molecule has 9 nitrogen and oxygen atoms in total. The normalized spacial score (nSPS) is 14.2. The molecule has 0 saturated carbocycles. The molecule has 0 aliphatic carbocycles. The highest BCUT2D eigenvalue weighted by Gasteiger charge is 2.33. The molecule has 3 heterocycles. The first kappa shape index (κ1) is 33.3. The Bertz CT molecular complexity index is 1600. The number of morpholine rings is 1. The quantitative estimate of drug-likeness (QED) is 0.315. The number of hydrogen-bond acceptors (Lipinski definition) is 7. The van der Waals surface area contributed by atoms with Crippen LogP contribution in [0.2, 0.25) is 0 Å². The summed E-state index contributed by atoms with van der Waals surface area (Å²) in [7, 11) is 0. The summed E-state index contributed by atoms with van der Waals surface area (Å²) in [5, 5.41) is 5.47. The number of aryl methyl sites for hydroxylation is 1. The topological polar surface area (TPSA) is 106 Å². The highest BCUT2D eigenvalue weighted by molar-refractivity contribution is 6.04. The fourth-order valence-corrected chi connectivity index (χ4v) is 4.48. The fraction of sp³-hybridized carbons (Fsp3) is 0.394. The molecule has 1 fully saturated rings. The number of alkyl halides is 3. The number of alkyl carbamates (subject to hydrolysis) is 1. The van der Waals surface area contributed by atoms with E-state index < -0.39 is 35.5 Å². The number of aromatic nitrogens is 2. The van der Waals surface area contributed by atoms with Crippen molar-refractivity contribution in [3.05, 3.63) is 71.2 Å². The second-order valence-corrected chi connectivity index (χ2v) is 11.5. The predicted molar refractivity (Wildman–Crippen MR) is 165 cm³/mol. The van der Waals surface area contributed by atoms with Crippen LogP contribution in [-0.4, -0.2) is 59.9 Å². The number of nitrogens with zero attached hydrogens (tertiary/aromatic N) is 3. The number of benzene rings is 1. The van der Waals surface area contributed by atoms with Crippen LogP contribution in [0.1, 0.15) is 61.4 Å². The minimum absolute atomic E-state index is 0.166. The van der Waals surface area contributed by atoms with Crippen LogP contribution >= 0.6 is 0 Å². The Morgan fingerprint density at radius 3 is 2.49 bits per heavy atom. The molecule has 12 heteroatoms. The lowest BCUT2D eigenvalue weighted by Crippen LogP contribution is -2.38. The van der Waals surface area contributed by atoms with Crippen LogP contribution in [0.5, 0.6) is 0 Å². The van der Waals surface area contributed by atoms with Gasteiger partial charge in [0.15, 0.2) is 0 Å². The third kappa shape index (κ3) is 9.43. The third-order valence-corrected chi connectivity index (χ3v) is 6.74. The van der Waals surface area contributed by atoms with Gasteiger partial charge < -0.3 is 25.0 Å². The van der Waals surface area contributed by atoms with Gasteiger partial charge in [-0.3, -0.25) is 9.78 Å². The summed E-state index contributed by atoms with van der Waals surface area (Å²) in [5.41, 5.74) is 1.37. The molecule has 45 heavy (non-hydrogen) atoms. The first-order valence-corrected chi connectivity index (χ1v) is 14.5. The van der Waals surface area contributed by atoms with Crippen LogP contribution in [0.3, 0.4) is 0 Å². The lowest BCUT2D eigenvalue weighted by Gasteiger charge is -2.28. The molecule has 1 aromatic carbocycles.